The molecule has 5 nitrogen and oxygen atoms in total. The van der Waals surface area contributed by atoms with E-state index in [1.165, 1.54) is 19.3 Å². The summed E-state index contributed by atoms with van der Waals surface area (Å²) < 4.78 is 11.1. The van der Waals surface area contributed by atoms with Crippen LogP contribution >= 0.6 is 0 Å². The second kappa shape index (κ2) is 6.64. The second-order valence-electron chi connectivity index (χ2n) is 9.23. The summed E-state index contributed by atoms with van der Waals surface area (Å²) >= 11 is 0. The standard InChI is InChI=1S/C23H27NO4/c1-14(28-22(26)19-9-18-4-2-3-5-20(18)27-13-19)21(25)24-23-10-15-6-16(11-23)8-17(7-15)12-23/h2-5,9,14-17H,6-8,10-13H2,1H3,(H,24,25)/t14-,15?,16?,17?,23?/m1/s1. The highest BCUT2D eigenvalue weighted by molar-refractivity contribution is 5.96. The topological polar surface area (TPSA) is 64.6 Å². The Morgan fingerprint density at radius 3 is 2.43 bits per heavy atom. The van der Waals surface area contributed by atoms with E-state index in [2.05, 4.69) is 5.32 Å². The van der Waals surface area contributed by atoms with Crippen molar-refractivity contribution in [2.24, 2.45) is 17.8 Å². The van der Waals surface area contributed by atoms with Crippen molar-refractivity contribution in [3.8, 4) is 5.75 Å². The second-order valence-corrected chi connectivity index (χ2v) is 9.23. The first-order chi connectivity index (χ1) is 13.5. The van der Waals surface area contributed by atoms with Gasteiger partial charge in [-0.2, -0.15) is 0 Å². The van der Waals surface area contributed by atoms with Gasteiger partial charge < -0.3 is 14.8 Å². The van der Waals surface area contributed by atoms with E-state index in [1.807, 2.05) is 24.3 Å². The summed E-state index contributed by atoms with van der Waals surface area (Å²) in [4.78, 5) is 25.3. The maximum Gasteiger partial charge on any atom is 0.338 e. The molecule has 1 aromatic rings. The number of carbonyl (C=O) groups is 2. The summed E-state index contributed by atoms with van der Waals surface area (Å²) in [5.41, 5.74) is 1.22. The third-order valence-electron chi connectivity index (χ3n) is 6.97. The van der Waals surface area contributed by atoms with Gasteiger partial charge in [-0.25, -0.2) is 4.79 Å². The summed E-state index contributed by atoms with van der Waals surface area (Å²) in [5, 5.41) is 3.28. The number of hydrogen-bond donors (Lipinski definition) is 1. The summed E-state index contributed by atoms with van der Waals surface area (Å²) in [6, 6.07) is 7.56. The number of esters is 1. The summed E-state index contributed by atoms with van der Waals surface area (Å²) in [5.74, 6) is 2.37. The van der Waals surface area contributed by atoms with Crippen molar-refractivity contribution in [1.82, 2.24) is 5.32 Å². The molecule has 1 N–H and O–H groups in total. The molecule has 1 aromatic carbocycles. The van der Waals surface area contributed by atoms with Crippen LogP contribution in [0.15, 0.2) is 29.8 Å². The lowest BCUT2D eigenvalue weighted by Crippen LogP contribution is -2.61. The van der Waals surface area contributed by atoms with Crippen LogP contribution in [0.4, 0.5) is 0 Å². The molecule has 0 spiro atoms. The zero-order chi connectivity index (χ0) is 19.3. The molecule has 1 heterocycles. The monoisotopic (exact) mass is 381 g/mol. The highest BCUT2D eigenvalue weighted by atomic mass is 16.6. The quantitative estimate of drug-likeness (QED) is 0.811. The number of carbonyl (C=O) groups excluding carboxylic acids is 2. The van der Waals surface area contributed by atoms with Crippen LogP contribution < -0.4 is 10.1 Å². The molecule has 5 aliphatic rings. The highest BCUT2D eigenvalue weighted by Crippen LogP contribution is 2.55. The van der Waals surface area contributed by atoms with Crippen LogP contribution in [-0.4, -0.2) is 30.1 Å². The van der Waals surface area contributed by atoms with Gasteiger partial charge in [0.25, 0.3) is 5.91 Å². The molecule has 0 aromatic heterocycles. The fraction of sp³-hybridized carbons (Fsp3) is 0.565. The van der Waals surface area contributed by atoms with Crippen LogP contribution in [0.1, 0.15) is 51.0 Å². The number of nitrogens with one attached hydrogen (secondary N) is 1. The molecule has 0 radical (unpaired) electrons. The van der Waals surface area contributed by atoms with Crippen LogP contribution in [0, 0.1) is 17.8 Å². The van der Waals surface area contributed by atoms with Crippen LogP contribution in [0.5, 0.6) is 5.75 Å². The minimum absolute atomic E-state index is 0.0708. The number of para-hydroxylation sites is 1. The Balaban J connectivity index is 1.22. The fourth-order valence-electron chi connectivity index (χ4n) is 6.15. The first kappa shape index (κ1) is 17.8. The zero-order valence-corrected chi connectivity index (χ0v) is 16.3. The number of rotatable bonds is 4. The van der Waals surface area contributed by atoms with E-state index in [0.29, 0.717) is 5.57 Å². The molecule has 6 rings (SSSR count). The molecule has 1 atom stereocenters. The molecular weight excluding hydrogens is 354 g/mol. The summed E-state index contributed by atoms with van der Waals surface area (Å²) in [6.07, 6.45) is 8.22. The van der Waals surface area contributed by atoms with Gasteiger partial charge in [-0.05, 0) is 75.3 Å². The van der Waals surface area contributed by atoms with Crippen molar-refractivity contribution < 1.29 is 19.1 Å². The third kappa shape index (κ3) is 3.21. The van der Waals surface area contributed by atoms with Crippen molar-refractivity contribution in [2.75, 3.05) is 6.61 Å². The maximum atomic E-state index is 12.8. The number of hydrogen-bond acceptors (Lipinski definition) is 4. The molecule has 0 unspecified atom stereocenters. The van der Waals surface area contributed by atoms with E-state index in [4.69, 9.17) is 9.47 Å². The molecule has 148 valence electrons. The lowest BCUT2D eigenvalue weighted by atomic mass is 9.53. The molecule has 4 fully saturated rings. The van der Waals surface area contributed by atoms with Crippen LogP contribution in [0.3, 0.4) is 0 Å². The van der Waals surface area contributed by atoms with E-state index < -0.39 is 12.1 Å². The first-order valence-electron chi connectivity index (χ1n) is 10.5. The van der Waals surface area contributed by atoms with Gasteiger partial charge in [0.05, 0.1) is 5.57 Å². The van der Waals surface area contributed by atoms with Gasteiger partial charge in [-0.1, -0.05) is 18.2 Å². The van der Waals surface area contributed by atoms with Crippen molar-refractivity contribution in [3.63, 3.8) is 0 Å². The highest BCUT2D eigenvalue weighted by Gasteiger charge is 2.51. The average Bonchev–Trinajstić information content (AvgIpc) is 2.66. The Hall–Kier alpha value is -2.30. The van der Waals surface area contributed by atoms with Crippen LogP contribution in [0.2, 0.25) is 0 Å². The Morgan fingerprint density at radius 1 is 1.11 bits per heavy atom. The number of amides is 1. The minimum Gasteiger partial charge on any atom is -0.488 e. The summed E-state index contributed by atoms with van der Waals surface area (Å²) in [7, 11) is 0. The van der Waals surface area contributed by atoms with Crippen molar-refractivity contribution >= 4 is 18.0 Å². The zero-order valence-electron chi connectivity index (χ0n) is 16.3. The van der Waals surface area contributed by atoms with Crippen molar-refractivity contribution in [1.29, 1.82) is 0 Å². The summed E-state index contributed by atoms with van der Waals surface area (Å²) in [6.45, 7) is 1.82. The fourth-order valence-corrected chi connectivity index (χ4v) is 6.15. The predicted octanol–water partition coefficient (Wildman–Crippen LogP) is 3.48. The third-order valence-corrected chi connectivity index (χ3v) is 6.97. The normalized spacial score (nSPS) is 33.3. The Labute approximate surface area is 165 Å². The smallest absolute Gasteiger partial charge is 0.338 e. The van der Waals surface area contributed by atoms with Gasteiger partial charge in [-0.15, -0.1) is 0 Å². The van der Waals surface area contributed by atoms with Gasteiger partial charge in [0.15, 0.2) is 6.10 Å². The molecule has 1 amide bonds. The molecule has 5 heteroatoms. The molecule has 28 heavy (non-hydrogen) atoms. The Bertz CT molecular complexity index is 807. The number of ether oxygens (including phenoxy) is 2. The van der Waals surface area contributed by atoms with Crippen LogP contribution in [-0.2, 0) is 14.3 Å². The van der Waals surface area contributed by atoms with E-state index in [0.717, 1.165) is 48.3 Å². The van der Waals surface area contributed by atoms with E-state index >= 15 is 0 Å². The van der Waals surface area contributed by atoms with E-state index in [-0.39, 0.29) is 18.1 Å². The number of benzene rings is 1. The predicted molar refractivity (Wildman–Crippen MR) is 105 cm³/mol. The van der Waals surface area contributed by atoms with Gasteiger partial charge in [-0.3, -0.25) is 4.79 Å². The van der Waals surface area contributed by atoms with Gasteiger partial charge >= 0.3 is 5.97 Å². The lowest BCUT2D eigenvalue weighted by molar-refractivity contribution is -0.153. The van der Waals surface area contributed by atoms with E-state index in [1.54, 1.807) is 13.0 Å². The lowest BCUT2D eigenvalue weighted by Gasteiger charge is -2.57. The van der Waals surface area contributed by atoms with Gasteiger partial charge in [0.1, 0.15) is 12.4 Å². The Kier molecular flexibility index (Phi) is 4.22. The maximum absolute atomic E-state index is 12.8. The first-order valence-corrected chi connectivity index (χ1v) is 10.5. The molecular formula is C23H27NO4. The SMILES string of the molecule is C[C@@H](OC(=O)C1=Cc2ccccc2OC1)C(=O)NC12CC3CC(CC(C3)C1)C2. The molecule has 4 saturated carbocycles. The van der Waals surface area contributed by atoms with Gasteiger partial charge in [0.2, 0.25) is 0 Å². The molecule has 0 saturated heterocycles. The van der Waals surface area contributed by atoms with Crippen molar-refractivity contribution in [2.45, 2.75) is 57.1 Å². The van der Waals surface area contributed by atoms with Crippen LogP contribution in [0.25, 0.3) is 6.08 Å². The number of fused-ring (bicyclic) bond motifs is 1. The molecule has 4 bridgehead atoms. The Morgan fingerprint density at radius 2 is 1.75 bits per heavy atom. The average molecular weight is 381 g/mol. The van der Waals surface area contributed by atoms with E-state index in [9.17, 15) is 9.59 Å². The van der Waals surface area contributed by atoms with Gasteiger partial charge in [0, 0.05) is 11.1 Å². The molecule has 1 aliphatic heterocycles. The minimum atomic E-state index is -0.807. The molecule has 4 aliphatic carbocycles. The largest absolute Gasteiger partial charge is 0.488 e. The van der Waals surface area contributed by atoms with Crippen molar-refractivity contribution in [3.05, 3.63) is 35.4 Å².